The Kier molecular flexibility index (Phi) is 7.30. The smallest absolute Gasteiger partial charge is 0.356 e. The number of hydrogen-bond donors (Lipinski definition) is 1. The van der Waals surface area contributed by atoms with Crippen molar-refractivity contribution in [3.05, 3.63) is 41.6 Å². The first-order valence-corrected chi connectivity index (χ1v) is 12.2. The quantitative estimate of drug-likeness (QED) is 0.378. The number of amides is 1. The number of rotatable bonds is 7. The van der Waals surface area contributed by atoms with Crippen molar-refractivity contribution in [3.8, 4) is 0 Å². The second kappa shape index (κ2) is 10.2. The molecular weight excluding hydrogens is 465 g/mol. The van der Waals surface area contributed by atoms with E-state index in [1.807, 2.05) is 0 Å². The molecular formula is C23H27F3N6OS. The summed E-state index contributed by atoms with van der Waals surface area (Å²) in [5.41, 5.74) is -0.694. The van der Waals surface area contributed by atoms with Gasteiger partial charge in [0, 0.05) is 24.9 Å². The predicted molar refractivity (Wildman–Crippen MR) is 126 cm³/mol. The third-order valence-electron chi connectivity index (χ3n) is 5.54. The minimum Gasteiger partial charge on any atom is -0.356 e. The Balaban J connectivity index is 1.54. The Labute approximate surface area is 200 Å². The van der Waals surface area contributed by atoms with Crippen LogP contribution in [0.4, 0.5) is 19.0 Å². The molecule has 3 aromatic rings. The molecule has 1 N–H and O–H groups in total. The molecule has 0 atom stereocenters. The van der Waals surface area contributed by atoms with Crippen molar-refractivity contribution in [1.82, 2.24) is 25.1 Å². The lowest BCUT2D eigenvalue weighted by Crippen LogP contribution is -2.30. The molecule has 1 aromatic carbocycles. The van der Waals surface area contributed by atoms with Gasteiger partial charge in [-0.15, -0.1) is 0 Å². The highest BCUT2D eigenvalue weighted by molar-refractivity contribution is 7.99. The summed E-state index contributed by atoms with van der Waals surface area (Å²) in [4.78, 5) is 24.2. The molecule has 182 valence electrons. The van der Waals surface area contributed by atoms with Crippen LogP contribution in [0.2, 0.25) is 0 Å². The molecule has 7 nitrogen and oxygen atoms in total. The Morgan fingerprint density at radius 1 is 1.15 bits per heavy atom. The van der Waals surface area contributed by atoms with Gasteiger partial charge in [-0.2, -0.15) is 18.3 Å². The van der Waals surface area contributed by atoms with Crippen molar-refractivity contribution in [2.45, 2.75) is 56.2 Å². The standard InChI is InChI=1S/C23H27F3N6OS/c1-15(2)34-22-29-19(31-11-6-3-7-12-31)17-14-28-32(20(17)30-22)13-10-27-21(33)16-8-4-5-9-18(16)23(24,25)26/h4-5,8-9,14-15H,3,6-7,10-13H2,1-2H3,(H,27,33). The summed E-state index contributed by atoms with van der Waals surface area (Å²) in [6.45, 7) is 6.38. The largest absolute Gasteiger partial charge is 0.417 e. The third kappa shape index (κ3) is 5.45. The van der Waals surface area contributed by atoms with Crippen molar-refractivity contribution in [3.63, 3.8) is 0 Å². The number of anilines is 1. The summed E-state index contributed by atoms with van der Waals surface area (Å²) in [6, 6.07) is 4.76. The van der Waals surface area contributed by atoms with Gasteiger partial charge in [-0.3, -0.25) is 4.79 Å². The van der Waals surface area contributed by atoms with Gasteiger partial charge in [-0.25, -0.2) is 14.6 Å². The van der Waals surface area contributed by atoms with Crippen LogP contribution in [0.15, 0.2) is 35.6 Å². The summed E-state index contributed by atoms with van der Waals surface area (Å²) in [5, 5.41) is 8.82. The molecule has 0 unspecified atom stereocenters. The Morgan fingerprint density at radius 3 is 2.59 bits per heavy atom. The van der Waals surface area contributed by atoms with E-state index in [9.17, 15) is 18.0 Å². The number of hydrogen-bond acceptors (Lipinski definition) is 6. The second-order valence-electron chi connectivity index (χ2n) is 8.45. The monoisotopic (exact) mass is 492 g/mol. The maximum absolute atomic E-state index is 13.2. The van der Waals surface area contributed by atoms with Gasteiger partial charge in [-0.1, -0.05) is 37.7 Å². The summed E-state index contributed by atoms with van der Waals surface area (Å²) >= 11 is 1.57. The van der Waals surface area contributed by atoms with E-state index in [4.69, 9.17) is 9.97 Å². The lowest BCUT2D eigenvalue weighted by molar-refractivity contribution is -0.137. The molecule has 1 saturated heterocycles. The zero-order chi connectivity index (χ0) is 24.3. The summed E-state index contributed by atoms with van der Waals surface area (Å²) in [6.07, 6.45) is 0.548. The Bertz CT molecular complexity index is 1160. The van der Waals surface area contributed by atoms with Gasteiger partial charge in [0.15, 0.2) is 10.8 Å². The number of thioether (sulfide) groups is 1. The number of alkyl halides is 3. The van der Waals surface area contributed by atoms with E-state index in [0.29, 0.717) is 16.1 Å². The molecule has 0 bridgehead atoms. The average Bonchev–Trinajstić information content (AvgIpc) is 3.21. The van der Waals surface area contributed by atoms with Crippen LogP contribution in [0.3, 0.4) is 0 Å². The number of benzene rings is 1. The zero-order valence-electron chi connectivity index (χ0n) is 19.1. The first kappa shape index (κ1) is 24.3. The first-order chi connectivity index (χ1) is 16.2. The van der Waals surface area contributed by atoms with Crippen molar-refractivity contribution < 1.29 is 18.0 Å². The Hall–Kier alpha value is -2.82. The van der Waals surface area contributed by atoms with Crippen LogP contribution in [0.5, 0.6) is 0 Å². The average molecular weight is 493 g/mol. The molecule has 3 heterocycles. The first-order valence-electron chi connectivity index (χ1n) is 11.3. The van der Waals surface area contributed by atoms with Crippen LogP contribution in [-0.4, -0.2) is 50.5 Å². The number of halogens is 3. The highest BCUT2D eigenvalue weighted by Crippen LogP contribution is 2.32. The van der Waals surface area contributed by atoms with Gasteiger partial charge in [0.05, 0.1) is 29.3 Å². The number of carbonyl (C=O) groups excluding carboxylic acids is 1. The van der Waals surface area contributed by atoms with E-state index >= 15 is 0 Å². The minimum atomic E-state index is -4.60. The molecule has 34 heavy (non-hydrogen) atoms. The van der Waals surface area contributed by atoms with E-state index in [1.54, 1.807) is 22.6 Å². The molecule has 1 amide bonds. The number of nitrogens with one attached hydrogen (secondary N) is 1. The summed E-state index contributed by atoms with van der Waals surface area (Å²) in [7, 11) is 0. The van der Waals surface area contributed by atoms with Crippen LogP contribution < -0.4 is 10.2 Å². The molecule has 1 aliphatic heterocycles. The van der Waals surface area contributed by atoms with Crippen molar-refractivity contribution in [2.24, 2.45) is 0 Å². The molecule has 4 rings (SSSR count). The van der Waals surface area contributed by atoms with Crippen LogP contribution in [-0.2, 0) is 12.7 Å². The number of carbonyl (C=O) groups is 1. The summed E-state index contributed by atoms with van der Waals surface area (Å²) < 4.78 is 41.4. The number of nitrogens with zero attached hydrogens (tertiary/aromatic N) is 5. The molecule has 0 spiro atoms. The zero-order valence-corrected chi connectivity index (χ0v) is 19.9. The van der Waals surface area contributed by atoms with Crippen LogP contribution >= 0.6 is 11.8 Å². The van der Waals surface area contributed by atoms with Gasteiger partial charge in [0.2, 0.25) is 0 Å². The molecule has 11 heteroatoms. The van der Waals surface area contributed by atoms with E-state index in [-0.39, 0.29) is 13.1 Å². The van der Waals surface area contributed by atoms with Gasteiger partial charge < -0.3 is 10.2 Å². The number of aromatic nitrogens is 4. The van der Waals surface area contributed by atoms with E-state index in [2.05, 4.69) is 29.2 Å². The van der Waals surface area contributed by atoms with Gasteiger partial charge in [0.1, 0.15) is 5.82 Å². The van der Waals surface area contributed by atoms with Crippen LogP contribution in [0.25, 0.3) is 11.0 Å². The van der Waals surface area contributed by atoms with E-state index < -0.39 is 23.2 Å². The fourth-order valence-electron chi connectivity index (χ4n) is 3.99. The minimum absolute atomic E-state index is 0.109. The predicted octanol–water partition coefficient (Wildman–Crippen LogP) is 4.77. The summed E-state index contributed by atoms with van der Waals surface area (Å²) in [5.74, 6) is 0.0892. The fraction of sp³-hybridized carbons (Fsp3) is 0.478. The van der Waals surface area contributed by atoms with Crippen LogP contribution in [0.1, 0.15) is 49.0 Å². The van der Waals surface area contributed by atoms with Gasteiger partial charge in [0.25, 0.3) is 5.91 Å². The topological polar surface area (TPSA) is 75.9 Å². The van der Waals surface area contributed by atoms with Crippen molar-refractivity contribution in [2.75, 3.05) is 24.5 Å². The fourth-order valence-corrected chi connectivity index (χ4v) is 4.69. The van der Waals surface area contributed by atoms with E-state index in [0.717, 1.165) is 43.2 Å². The molecule has 2 aromatic heterocycles. The van der Waals surface area contributed by atoms with Crippen molar-refractivity contribution in [1.29, 1.82) is 0 Å². The lowest BCUT2D eigenvalue weighted by atomic mass is 10.1. The molecule has 1 fully saturated rings. The number of fused-ring (bicyclic) bond motifs is 1. The highest BCUT2D eigenvalue weighted by Gasteiger charge is 2.34. The van der Waals surface area contributed by atoms with E-state index in [1.165, 1.54) is 24.6 Å². The molecule has 1 aliphatic rings. The highest BCUT2D eigenvalue weighted by atomic mass is 32.2. The van der Waals surface area contributed by atoms with Crippen molar-refractivity contribution >= 4 is 34.5 Å². The SMILES string of the molecule is CC(C)Sc1nc(N2CCCCC2)c2cnn(CCNC(=O)c3ccccc3C(F)(F)F)c2n1. The third-order valence-corrected chi connectivity index (χ3v) is 6.40. The molecule has 0 radical (unpaired) electrons. The normalized spacial score (nSPS) is 14.7. The maximum Gasteiger partial charge on any atom is 0.417 e. The second-order valence-corrected chi connectivity index (χ2v) is 9.99. The van der Waals surface area contributed by atoms with Gasteiger partial charge in [-0.05, 0) is 31.4 Å². The number of piperidine rings is 1. The molecule has 0 aliphatic carbocycles. The maximum atomic E-state index is 13.2. The molecule has 0 saturated carbocycles. The lowest BCUT2D eigenvalue weighted by Gasteiger charge is -2.28. The van der Waals surface area contributed by atoms with Gasteiger partial charge >= 0.3 is 6.18 Å². The Morgan fingerprint density at radius 2 is 1.88 bits per heavy atom. The van der Waals surface area contributed by atoms with Crippen LogP contribution in [0, 0.1) is 0 Å².